The van der Waals surface area contributed by atoms with Crippen LogP contribution >= 0.6 is 0 Å². The Morgan fingerprint density at radius 1 is 1.27 bits per heavy atom. The zero-order valence-corrected chi connectivity index (χ0v) is 9.23. The predicted molar refractivity (Wildman–Crippen MR) is 61.6 cm³/mol. The van der Waals surface area contributed by atoms with Crippen molar-refractivity contribution in [2.24, 2.45) is 5.73 Å². The Morgan fingerprint density at radius 3 is 2.47 bits per heavy atom. The molecule has 1 fully saturated rings. The first-order valence-corrected chi connectivity index (χ1v) is 5.73. The second-order valence-corrected chi connectivity index (χ2v) is 4.33. The molecule has 0 bridgehead atoms. The summed E-state index contributed by atoms with van der Waals surface area (Å²) >= 11 is 0. The molecule has 2 unspecified atom stereocenters. The van der Waals surface area contributed by atoms with Crippen LogP contribution in [0.2, 0.25) is 0 Å². The Hall–Kier alpha value is -0.860. The number of hydrogen-bond donors (Lipinski definition) is 1. The van der Waals surface area contributed by atoms with Crippen molar-refractivity contribution in [1.29, 1.82) is 0 Å². The van der Waals surface area contributed by atoms with Gasteiger partial charge in [0.05, 0.1) is 18.2 Å². The van der Waals surface area contributed by atoms with Crippen molar-refractivity contribution in [3.63, 3.8) is 0 Å². The number of hydrogen-bond acceptors (Lipinski definition) is 2. The molecule has 2 nitrogen and oxygen atoms in total. The first kappa shape index (κ1) is 10.7. The third-order valence-corrected chi connectivity index (χ3v) is 3.15. The molecule has 0 aromatic heterocycles. The predicted octanol–water partition coefficient (Wildman–Crippen LogP) is 2.64. The van der Waals surface area contributed by atoms with Crippen molar-refractivity contribution in [2.45, 2.75) is 44.4 Å². The second kappa shape index (κ2) is 4.77. The fraction of sp³-hybridized carbons (Fsp3) is 0.538. The normalized spacial score (nSPS) is 20.7. The maximum absolute atomic E-state index is 6.14. The molecule has 2 atom stereocenters. The summed E-state index contributed by atoms with van der Waals surface area (Å²) in [6.07, 6.45) is 4.27. The summed E-state index contributed by atoms with van der Waals surface area (Å²) in [4.78, 5) is 0. The zero-order chi connectivity index (χ0) is 10.7. The van der Waals surface area contributed by atoms with Gasteiger partial charge in [-0.2, -0.15) is 0 Å². The molecular formula is C13H19NO. The van der Waals surface area contributed by atoms with Gasteiger partial charge < -0.3 is 10.5 Å². The van der Waals surface area contributed by atoms with E-state index in [4.69, 9.17) is 10.5 Å². The van der Waals surface area contributed by atoms with Gasteiger partial charge in [-0.1, -0.05) is 30.3 Å². The molecule has 1 aliphatic rings. The lowest BCUT2D eigenvalue weighted by Gasteiger charge is -2.31. The molecule has 2 heteroatoms. The van der Waals surface area contributed by atoms with Crippen molar-refractivity contribution < 1.29 is 4.74 Å². The summed E-state index contributed by atoms with van der Waals surface area (Å²) < 4.78 is 5.88. The van der Waals surface area contributed by atoms with Crippen LogP contribution in [0.1, 0.15) is 37.8 Å². The monoisotopic (exact) mass is 205 g/mol. The van der Waals surface area contributed by atoms with Gasteiger partial charge in [-0.25, -0.2) is 0 Å². The van der Waals surface area contributed by atoms with E-state index in [0.29, 0.717) is 6.10 Å². The zero-order valence-electron chi connectivity index (χ0n) is 9.23. The first-order chi connectivity index (χ1) is 7.27. The van der Waals surface area contributed by atoms with E-state index < -0.39 is 0 Å². The fourth-order valence-corrected chi connectivity index (χ4v) is 1.84. The van der Waals surface area contributed by atoms with E-state index in [1.54, 1.807) is 0 Å². The minimum Gasteiger partial charge on any atom is -0.373 e. The molecule has 15 heavy (non-hydrogen) atoms. The van der Waals surface area contributed by atoms with Crippen LogP contribution in [-0.4, -0.2) is 12.2 Å². The summed E-state index contributed by atoms with van der Waals surface area (Å²) in [5.74, 6) is 0. The van der Waals surface area contributed by atoms with Gasteiger partial charge in [-0.3, -0.25) is 0 Å². The minimum atomic E-state index is -0.00759. The van der Waals surface area contributed by atoms with Gasteiger partial charge in [0.2, 0.25) is 0 Å². The van der Waals surface area contributed by atoms with E-state index in [-0.39, 0.29) is 12.1 Å². The summed E-state index contributed by atoms with van der Waals surface area (Å²) in [5, 5.41) is 0. The van der Waals surface area contributed by atoms with Gasteiger partial charge in [0.1, 0.15) is 0 Å². The molecule has 0 aliphatic heterocycles. The van der Waals surface area contributed by atoms with Gasteiger partial charge in [0.15, 0.2) is 0 Å². The van der Waals surface area contributed by atoms with Crippen molar-refractivity contribution in [3.8, 4) is 0 Å². The molecule has 2 rings (SSSR count). The molecule has 1 saturated carbocycles. The highest BCUT2D eigenvalue weighted by Gasteiger charge is 2.24. The lowest BCUT2D eigenvalue weighted by atomic mass is 9.95. The van der Waals surface area contributed by atoms with E-state index in [1.807, 2.05) is 18.2 Å². The Kier molecular flexibility index (Phi) is 3.39. The van der Waals surface area contributed by atoms with Crippen LogP contribution in [0.3, 0.4) is 0 Å². The van der Waals surface area contributed by atoms with Crippen molar-refractivity contribution >= 4 is 0 Å². The summed E-state index contributed by atoms with van der Waals surface area (Å²) in [7, 11) is 0. The maximum Gasteiger partial charge on any atom is 0.0743 e. The molecule has 1 aliphatic carbocycles. The Labute approximate surface area is 91.4 Å². The average Bonchev–Trinajstić information content (AvgIpc) is 2.23. The average molecular weight is 205 g/mol. The van der Waals surface area contributed by atoms with Crippen molar-refractivity contribution in [1.82, 2.24) is 0 Å². The Balaban J connectivity index is 1.91. The first-order valence-electron chi connectivity index (χ1n) is 5.73. The molecule has 2 N–H and O–H groups in total. The second-order valence-electron chi connectivity index (χ2n) is 4.33. The number of rotatable bonds is 4. The van der Waals surface area contributed by atoms with Crippen LogP contribution < -0.4 is 5.73 Å². The SMILES string of the molecule is CC(OC1CCC1)C(N)c1ccccc1. The highest BCUT2D eigenvalue weighted by Crippen LogP contribution is 2.26. The van der Waals surface area contributed by atoms with Gasteiger partial charge in [-0.15, -0.1) is 0 Å². The standard InChI is InChI=1S/C13H19NO/c1-10(15-12-8-5-9-12)13(14)11-6-3-2-4-7-11/h2-4,6-7,10,12-13H,5,8-9,14H2,1H3. The van der Waals surface area contributed by atoms with E-state index in [0.717, 1.165) is 5.56 Å². The molecule has 0 radical (unpaired) electrons. The molecule has 1 aromatic rings. The molecule has 0 spiro atoms. The van der Waals surface area contributed by atoms with Crippen LogP contribution in [0.4, 0.5) is 0 Å². The van der Waals surface area contributed by atoms with Crippen molar-refractivity contribution in [3.05, 3.63) is 35.9 Å². The number of benzene rings is 1. The quantitative estimate of drug-likeness (QED) is 0.820. The minimum absolute atomic E-state index is 0.00759. The van der Waals surface area contributed by atoms with Gasteiger partial charge in [0, 0.05) is 0 Å². The summed E-state index contributed by atoms with van der Waals surface area (Å²) in [5.41, 5.74) is 7.30. The smallest absolute Gasteiger partial charge is 0.0743 e. The maximum atomic E-state index is 6.14. The van der Waals surface area contributed by atoms with Crippen LogP contribution in [-0.2, 0) is 4.74 Å². The third kappa shape index (κ3) is 2.58. The van der Waals surface area contributed by atoms with Gasteiger partial charge in [0.25, 0.3) is 0 Å². The molecule has 82 valence electrons. The molecule has 0 saturated heterocycles. The Morgan fingerprint density at radius 2 is 1.93 bits per heavy atom. The van der Waals surface area contributed by atoms with Crippen LogP contribution in [0, 0.1) is 0 Å². The van der Waals surface area contributed by atoms with Crippen molar-refractivity contribution in [2.75, 3.05) is 0 Å². The molecule has 0 heterocycles. The fourth-order valence-electron chi connectivity index (χ4n) is 1.84. The van der Waals surface area contributed by atoms with Crippen LogP contribution in [0.5, 0.6) is 0 Å². The van der Waals surface area contributed by atoms with Crippen LogP contribution in [0.25, 0.3) is 0 Å². The highest BCUT2D eigenvalue weighted by atomic mass is 16.5. The number of nitrogens with two attached hydrogens (primary N) is 1. The van der Waals surface area contributed by atoms with Crippen LogP contribution in [0.15, 0.2) is 30.3 Å². The Bertz CT molecular complexity index is 295. The van der Waals surface area contributed by atoms with Gasteiger partial charge in [-0.05, 0) is 31.7 Å². The lowest BCUT2D eigenvalue weighted by Crippen LogP contribution is -2.33. The topological polar surface area (TPSA) is 35.2 Å². The van der Waals surface area contributed by atoms with E-state index in [1.165, 1.54) is 19.3 Å². The summed E-state index contributed by atoms with van der Waals surface area (Å²) in [6.45, 7) is 2.07. The molecule has 1 aromatic carbocycles. The van der Waals surface area contributed by atoms with Gasteiger partial charge >= 0.3 is 0 Å². The highest BCUT2D eigenvalue weighted by molar-refractivity contribution is 5.19. The molecular weight excluding hydrogens is 186 g/mol. The van der Waals surface area contributed by atoms with E-state index in [2.05, 4.69) is 19.1 Å². The van der Waals surface area contributed by atoms with E-state index >= 15 is 0 Å². The molecule has 0 amide bonds. The summed E-state index contributed by atoms with van der Waals surface area (Å²) in [6, 6.07) is 10.2. The lowest BCUT2D eigenvalue weighted by molar-refractivity contribution is -0.0532. The largest absolute Gasteiger partial charge is 0.373 e. The van der Waals surface area contributed by atoms with E-state index in [9.17, 15) is 0 Å². The third-order valence-electron chi connectivity index (χ3n) is 3.15. The number of ether oxygens (including phenoxy) is 1.